The molecule has 164 valence electrons. The molecule has 0 unspecified atom stereocenters. The average molecular weight is 427 g/mol. The third-order valence-corrected chi connectivity index (χ3v) is 5.93. The Morgan fingerprint density at radius 2 is 1.78 bits per heavy atom. The van der Waals surface area contributed by atoms with Gasteiger partial charge in [0.1, 0.15) is 11.6 Å². The van der Waals surface area contributed by atoms with Crippen molar-refractivity contribution in [1.82, 2.24) is 10.6 Å². The highest BCUT2D eigenvalue weighted by atomic mass is 16.3. The minimum atomic E-state index is -0.139. The van der Waals surface area contributed by atoms with Crippen LogP contribution >= 0.6 is 0 Å². The summed E-state index contributed by atoms with van der Waals surface area (Å²) in [5.41, 5.74) is 6.81. The maximum absolute atomic E-state index is 13.3. The van der Waals surface area contributed by atoms with Crippen LogP contribution in [0.1, 0.15) is 57.1 Å². The number of hydrogen-bond donors (Lipinski definition) is 3. The zero-order chi connectivity index (χ0) is 22.5. The Kier molecular flexibility index (Phi) is 6.60. The molecule has 1 heterocycles. The van der Waals surface area contributed by atoms with E-state index in [0.29, 0.717) is 5.57 Å². The van der Waals surface area contributed by atoms with Crippen LogP contribution in [0.25, 0.3) is 11.1 Å². The number of hydrogen-bond acceptors (Lipinski definition) is 3. The van der Waals surface area contributed by atoms with Gasteiger partial charge in [-0.2, -0.15) is 0 Å². The van der Waals surface area contributed by atoms with Crippen LogP contribution in [0.5, 0.6) is 5.75 Å². The van der Waals surface area contributed by atoms with Crippen LogP contribution in [0.3, 0.4) is 0 Å². The Hall–Kier alpha value is -3.53. The van der Waals surface area contributed by atoms with Gasteiger partial charge in [0.15, 0.2) is 0 Å². The third kappa shape index (κ3) is 4.54. The van der Waals surface area contributed by atoms with Crippen molar-refractivity contribution in [2.24, 2.45) is 0 Å². The van der Waals surface area contributed by atoms with Crippen LogP contribution in [-0.4, -0.2) is 11.0 Å². The van der Waals surface area contributed by atoms with Crippen LogP contribution in [0.2, 0.25) is 0 Å². The van der Waals surface area contributed by atoms with Crippen molar-refractivity contribution in [2.75, 3.05) is 0 Å². The van der Waals surface area contributed by atoms with Gasteiger partial charge in [-0.25, -0.2) is 0 Å². The highest BCUT2D eigenvalue weighted by Crippen LogP contribution is 2.37. The number of aromatic hydroxyl groups is 1. The van der Waals surface area contributed by atoms with Gasteiger partial charge in [-0.3, -0.25) is 4.79 Å². The van der Waals surface area contributed by atoms with E-state index < -0.39 is 0 Å². The van der Waals surface area contributed by atoms with Crippen LogP contribution in [0.15, 0.2) is 89.4 Å². The molecule has 0 atom stereocenters. The number of phenolic OH excluding ortho intramolecular Hbond substituents is 1. The summed E-state index contributed by atoms with van der Waals surface area (Å²) < 4.78 is 0. The first-order valence-electron chi connectivity index (χ1n) is 11.4. The lowest BCUT2D eigenvalue weighted by molar-refractivity contribution is -0.115. The standard InChI is InChI=1S/C28H30N2O2/c1-3-10-24(20-11-6-4-7-12-20)26(21-13-8-5-9-14-21)27-29-19(2)25(28(32)30-27)22-15-17-23(31)18-16-22/h4,6-7,10-13,15-18,29,31H,3,5,8-9,14H2,1-2H3,(H,30,32)/b24-10+,27-26-. The molecule has 1 amide bonds. The largest absolute Gasteiger partial charge is 0.508 e. The molecule has 4 rings (SSSR count). The Balaban J connectivity index is 1.85. The summed E-state index contributed by atoms with van der Waals surface area (Å²) in [5.74, 6) is 0.784. The quantitative estimate of drug-likeness (QED) is 0.545. The van der Waals surface area contributed by atoms with E-state index in [9.17, 15) is 9.90 Å². The monoisotopic (exact) mass is 426 g/mol. The van der Waals surface area contributed by atoms with Crippen molar-refractivity contribution < 1.29 is 9.90 Å². The molecule has 4 heteroatoms. The van der Waals surface area contributed by atoms with E-state index in [0.717, 1.165) is 59.5 Å². The molecule has 1 aliphatic heterocycles. The molecule has 2 aromatic carbocycles. The number of benzene rings is 2. The molecule has 2 aliphatic rings. The summed E-state index contributed by atoms with van der Waals surface area (Å²) >= 11 is 0. The summed E-state index contributed by atoms with van der Waals surface area (Å²) in [7, 11) is 0. The van der Waals surface area contributed by atoms with Crippen molar-refractivity contribution in [3.8, 4) is 5.75 Å². The van der Waals surface area contributed by atoms with Gasteiger partial charge >= 0.3 is 0 Å². The van der Waals surface area contributed by atoms with Gasteiger partial charge in [0, 0.05) is 11.3 Å². The van der Waals surface area contributed by atoms with Crippen molar-refractivity contribution >= 4 is 17.1 Å². The Morgan fingerprint density at radius 1 is 1.03 bits per heavy atom. The zero-order valence-electron chi connectivity index (χ0n) is 18.7. The van der Waals surface area contributed by atoms with E-state index >= 15 is 0 Å². The van der Waals surface area contributed by atoms with Crippen molar-refractivity contribution in [3.63, 3.8) is 0 Å². The van der Waals surface area contributed by atoms with E-state index in [4.69, 9.17) is 0 Å². The molecule has 0 aromatic heterocycles. The second-order valence-electron chi connectivity index (χ2n) is 8.24. The Morgan fingerprint density at radius 3 is 2.41 bits per heavy atom. The molecule has 4 nitrogen and oxygen atoms in total. The number of allylic oxidation sites excluding steroid dienone is 6. The predicted octanol–water partition coefficient (Wildman–Crippen LogP) is 6.05. The molecule has 32 heavy (non-hydrogen) atoms. The molecule has 0 bridgehead atoms. The number of rotatable bonds is 5. The summed E-state index contributed by atoms with van der Waals surface area (Å²) in [4.78, 5) is 13.3. The fraction of sp³-hybridized carbons (Fsp3) is 0.250. The van der Waals surface area contributed by atoms with Gasteiger partial charge in [-0.1, -0.05) is 61.5 Å². The molecule has 0 spiro atoms. The molecule has 0 saturated carbocycles. The first-order chi connectivity index (χ1) is 15.6. The summed E-state index contributed by atoms with van der Waals surface area (Å²) in [6.07, 6.45) is 9.87. The van der Waals surface area contributed by atoms with Gasteiger partial charge in [-0.05, 0) is 73.4 Å². The average Bonchev–Trinajstić information content (AvgIpc) is 2.81. The van der Waals surface area contributed by atoms with Gasteiger partial charge in [-0.15, -0.1) is 0 Å². The Bertz CT molecular complexity index is 1120. The molecule has 0 fully saturated rings. The smallest absolute Gasteiger partial charge is 0.259 e. The van der Waals surface area contributed by atoms with Crippen LogP contribution in [-0.2, 0) is 4.79 Å². The van der Waals surface area contributed by atoms with E-state index in [-0.39, 0.29) is 11.7 Å². The lowest BCUT2D eigenvalue weighted by Crippen LogP contribution is -2.39. The number of carbonyl (C=O) groups is 1. The first-order valence-corrected chi connectivity index (χ1v) is 11.4. The fourth-order valence-electron chi connectivity index (χ4n) is 4.45. The van der Waals surface area contributed by atoms with Gasteiger partial charge in [0.25, 0.3) is 5.91 Å². The van der Waals surface area contributed by atoms with Crippen LogP contribution in [0, 0.1) is 0 Å². The number of nitrogens with one attached hydrogen (secondary N) is 2. The highest BCUT2D eigenvalue weighted by Gasteiger charge is 2.27. The van der Waals surface area contributed by atoms with Crippen molar-refractivity contribution in [3.05, 3.63) is 101 Å². The van der Waals surface area contributed by atoms with Crippen LogP contribution < -0.4 is 10.6 Å². The minimum absolute atomic E-state index is 0.139. The topological polar surface area (TPSA) is 61.4 Å². The van der Waals surface area contributed by atoms with E-state index in [1.807, 2.05) is 13.0 Å². The molecular formula is C28H30N2O2. The summed E-state index contributed by atoms with van der Waals surface area (Å²) in [6.45, 7) is 4.07. The van der Waals surface area contributed by atoms with Crippen LogP contribution in [0.4, 0.5) is 0 Å². The predicted molar refractivity (Wildman–Crippen MR) is 130 cm³/mol. The maximum atomic E-state index is 13.3. The van der Waals surface area contributed by atoms with E-state index in [1.165, 1.54) is 12.0 Å². The molecule has 0 radical (unpaired) electrons. The molecule has 2 aromatic rings. The summed E-state index contributed by atoms with van der Waals surface area (Å²) in [6, 6.07) is 17.1. The van der Waals surface area contributed by atoms with Gasteiger partial charge < -0.3 is 15.7 Å². The second kappa shape index (κ2) is 9.73. The number of carbonyl (C=O) groups excluding carboxylic acids is 1. The highest BCUT2D eigenvalue weighted by molar-refractivity contribution is 6.22. The number of phenols is 1. The molecular weight excluding hydrogens is 396 g/mol. The Labute approximate surface area is 190 Å². The SMILES string of the molecule is CC/C=C(/C(C1=CCCCC1)=C1\NC(=O)C(c2ccc(O)cc2)=C(C)N1)c1ccccc1. The molecule has 1 aliphatic carbocycles. The lowest BCUT2D eigenvalue weighted by Gasteiger charge is -2.29. The van der Waals surface area contributed by atoms with E-state index in [1.54, 1.807) is 24.3 Å². The second-order valence-corrected chi connectivity index (χ2v) is 8.24. The molecule has 3 N–H and O–H groups in total. The normalized spacial score (nSPS) is 18.6. The maximum Gasteiger partial charge on any atom is 0.259 e. The zero-order valence-corrected chi connectivity index (χ0v) is 18.7. The third-order valence-electron chi connectivity index (χ3n) is 5.93. The number of amides is 1. The van der Waals surface area contributed by atoms with Gasteiger partial charge in [0.05, 0.1) is 5.57 Å². The minimum Gasteiger partial charge on any atom is -0.508 e. The molecule has 0 saturated heterocycles. The first kappa shape index (κ1) is 21.7. The fourth-order valence-corrected chi connectivity index (χ4v) is 4.45. The summed E-state index contributed by atoms with van der Waals surface area (Å²) in [5, 5.41) is 16.3. The van der Waals surface area contributed by atoms with Crippen molar-refractivity contribution in [2.45, 2.75) is 46.0 Å². The van der Waals surface area contributed by atoms with Crippen molar-refractivity contribution in [1.29, 1.82) is 0 Å². The van der Waals surface area contributed by atoms with E-state index in [2.05, 4.69) is 54.0 Å². The van der Waals surface area contributed by atoms with Gasteiger partial charge in [0.2, 0.25) is 0 Å². The lowest BCUT2D eigenvalue weighted by atomic mass is 9.85.